The van der Waals surface area contributed by atoms with Gasteiger partial charge in [0.15, 0.2) is 6.61 Å². The Morgan fingerprint density at radius 3 is 2.23 bits per heavy atom. The number of hydrogen-bond donors (Lipinski definition) is 1. The summed E-state index contributed by atoms with van der Waals surface area (Å²) in [5, 5.41) is 3.66. The Kier molecular flexibility index (Phi) is 7.93. The summed E-state index contributed by atoms with van der Waals surface area (Å²) in [5.41, 5.74) is 1.53. The van der Waals surface area contributed by atoms with Gasteiger partial charge in [-0.1, -0.05) is 77.8 Å². The first-order valence-electron chi connectivity index (χ1n) is 9.67. The van der Waals surface area contributed by atoms with Gasteiger partial charge in [-0.2, -0.15) is 0 Å². The number of halogens is 2. The van der Waals surface area contributed by atoms with Crippen LogP contribution in [0.5, 0.6) is 5.75 Å². The summed E-state index contributed by atoms with van der Waals surface area (Å²) >= 11 is 12.1. The van der Waals surface area contributed by atoms with Crippen LogP contribution in [0.3, 0.4) is 0 Å². The van der Waals surface area contributed by atoms with E-state index >= 15 is 0 Å². The fourth-order valence-electron chi connectivity index (χ4n) is 3.14. The zero-order valence-corrected chi connectivity index (χ0v) is 18.4. The molecule has 0 heterocycles. The lowest BCUT2D eigenvalue weighted by Crippen LogP contribution is -2.44. The van der Waals surface area contributed by atoms with Gasteiger partial charge in [-0.05, 0) is 35.4 Å². The number of carbonyl (C=O) groups excluding carboxylic acids is 2. The Morgan fingerprint density at radius 2 is 1.58 bits per heavy atom. The molecule has 160 valence electrons. The van der Waals surface area contributed by atoms with Gasteiger partial charge < -0.3 is 15.0 Å². The molecule has 3 aromatic carbocycles. The van der Waals surface area contributed by atoms with Gasteiger partial charge in [-0.3, -0.25) is 9.59 Å². The number of nitrogens with one attached hydrogen (secondary N) is 1. The van der Waals surface area contributed by atoms with Crippen molar-refractivity contribution in [3.05, 3.63) is 100 Å². The van der Waals surface area contributed by atoms with Crippen molar-refractivity contribution in [2.75, 3.05) is 13.7 Å². The van der Waals surface area contributed by atoms with Gasteiger partial charge in [0.2, 0.25) is 5.91 Å². The van der Waals surface area contributed by atoms with E-state index in [1.807, 2.05) is 42.5 Å². The summed E-state index contributed by atoms with van der Waals surface area (Å²) in [4.78, 5) is 27.6. The van der Waals surface area contributed by atoms with Crippen LogP contribution >= 0.6 is 23.2 Å². The minimum atomic E-state index is -0.829. The molecular formula is C24H22Cl2N2O3. The Labute approximate surface area is 191 Å². The highest BCUT2D eigenvalue weighted by Gasteiger charge is 2.31. The van der Waals surface area contributed by atoms with Crippen molar-refractivity contribution in [3.63, 3.8) is 0 Å². The summed E-state index contributed by atoms with van der Waals surface area (Å²) in [6, 6.07) is 22.4. The smallest absolute Gasteiger partial charge is 0.261 e. The van der Waals surface area contributed by atoms with Gasteiger partial charge in [-0.15, -0.1) is 0 Å². The highest BCUT2D eigenvalue weighted by Crippen LogP contribution is 2.26. The topological polar surface area (TPSA) is 58.6 Å². The van der Waals surface area contributed by atoms with E-state index < -0.39 is 6.04 Å². The Balaban J connectivity index is 1.92. The summed E-state index contributed by atoms with van der Waals surface area (Å²) in [6.45, 7) is -0.0630. The summed E-state index contributed by atoms with van der Waals surface area (Å²) in [5.74, 6) is -0.251. The minimum Gasteiger partial charge on any atom is -0.482 e. The predicted octanol–water partition coefficient (Wildman–Crippen LogP) is 4.89. The number of ether oxygens (including phenoxy) is 1. The number of para-hydroxylation sites is 1. The number of rotatable bonds is 8. The van der Waals surface area contributed by atoms with Crippen LogP contribution in [0, 0.1) is 0 Å². The van der Waals surface area contributed by atoms with E-state index in [0.717, 1.165) is 5.56 Å². The molecule has 0 saturated carbocycles. The van der Waals surface area contributed by atoms with Gasteiger partial charge in [0.25, 0.3) is 5.91 Å². The Morgan fingerprint density at radius 1 is 0.935 bits per heavy atom. The summed E-state index contributed by atoms with van der Waals surface area (Å²) in [6.07, 6.45) is 0. The van der Waals surface area contributed by atoms with E-state index in [9.17, 15) is 9.59 Å². The molecule has 3 aromatic rings. The van der Waals surface area contributed by atoms with Crippen molar-refractivity contribution in [2.45, 2.75) is 12.6 Å². The van der Waals surface area contributed by atoms with Crippen LogP contribution in [0.2, 0.25) is 10.0 Å². The molecule has 0 unspecified atom stereocenters. The van der Waals surface area contributed by atoms with Crippen LogP contribution < -0.4 is 10.1 Å². The van der Waals surface area contributed by atoms with Gasteiger partial charge >= 0.3 is 0 Å². The molecule has 0 radical (unpaired) electrons. The van der Waals surface area contributed by atoms with Crippen LogP contribution in [0.4, 0.5) is 0 Å². The zero-order chi connectivity index (χ0) is 22.2. The Bertz CT molecular complexity index is 1030. The monoisotopic (exact) mass is 456 g/mol. The van der Waals surface area contributed by atoms with E-state index in [-0.39, 0.29) is 25.0 Å². The molecule has 7 heteroatoms. The lowest BCUT2D eigenvalue weighted by atomic mass is 10.0. The standard InChI is InChI=1S/C24H22Cl2N2O3/c1-27-24(30)23(18-7-3-2-4-8-18)28(15-17-11-13-19(25)14-12-17)22(29)16-31-21-10-6-5-9-20(21)26/h2-14,23H,15-16H2,1H3,(H,27,30)/t23-/m0/s1. The second kappa shape index (κ2) is 10.8. The molecule has 1 atom stereocenters. The maximum absolute atomic E-state index is 13.3. The molecule has 0 aliphatic rings. The molecule has 0 aliphatic carbocycles. The number of likely N-dealkylation sites (N-methyl/N-ethyl adjacent to an activating group) is 1. The molecule has 0 bridgehead atoms. The van der Waals surface area contributed by atoms with E-state index in [1.54, 1.807) is 43.4 Å². The largest absolute Gasteiger partial charge is 0.482 e. The highest BCUT2D eigenvalue weighted by molar-refractivity contribution is 6.32. The van der Waals surface area contributed by atoms with Crippen LogP contribution in [0.25, 0.3) is 0 Å². The third kappa shape index (κ3) is 6.00. The number of hydrogen-bond acceptors (Lipinski definition) is 3. The first-order chi connectivity index (χ1) is 15.0. The van der Waals surface area contributed by atoms with E-state index in [2.05, 4.69) is 5.32 Å². The van der Waals surface area contributed by atoms with Crippen LogP contribution in [0.15, 0.2) is 78.9 Å². The average Bonchev–Trinajstić information content (AvgIpc) is 2.79. The second-order valence-corrected chi connectivity index (χ2v) is 7.64. The molecular weight excluding hydrogens is 435 g/mol. The second-order valence-electron chi connectivity index (χ2n) is 6.79. The van der Waals surface area contributed by atoms with Crippen molar-refractivity contribution in [2.24, 2.45) is 0 Å². The van der Waals surface area contributed by atoms with Crippen LogP contribution in [-0.4, -0.2) is 30.4 Å². The van der Waals surface area contributed by atoms with E-state index in [4.69, 9.17) is 27.9 Å². The molecule has 0 aliphatic heterocycles. The SMILES string of the molecule is CNC(=O)[C@H](c1ccccc1)N(Cc1ccc(Cl)cc1)C(=O)COc1ccccc1Cl. The zero-order valence-electron chi connectivity index (χ0n) is 16.9. The molecule has 3 rings (SSSR count). The number of benzene rings is 3. The van der Waals surface area contributed by atoms with Gasteiger partial charge in [0, 0.05) is 18.6 Å². The van der Waals surface area contributed by atoms with Crippen molar-refractivity contribution in [1.82, 2.24) is 10.2 Å². The summed E-state index contributed by atoms with van der Waals surface area (Å²) < 4.78 is 5.66. The normalized spacial score (nSPS) is 11.5. The Hall–Kier alpha value is -3.02. The summed E-state index contributed by atoms with van der Waals surface area (Å²) in [7, 11) is 1.55. The average molecular weight is 457 g/mol. The predicted molar refractivity (Wildman–Crippen MR) is 122 cm³/mol. The van der Waals surface area contributed by atoms with Crippen molar-refractivity contribution in [3.8, 4) is 5.75 Å². The highest BCUT2D eigenvalue weighted by atomic mass is 35.5. The van der Waals surface area contributed by atoms with E-state index in [0.29, 0.717) is 21.4 Å². The molecule has 31 heavy (non-hydrogen) atoms. The van der Waals surface area contributed by atoms with Gasteiger partial charge in [0.1, 0.15) is 11.8 Å². The first kappa shape index (κ1) is 22.7. The maximum atomic E-state index is 13.3. The third-order valence-electron chi connectivity index (χ3n) is 4.70. The molecule has 0 aromatic heterocycles. The molecule has 2 amide bonds. The fourth-order valence-corrected chi connectivity index (χ4v) is 3.46. The first-order valence-corrected chi connectivity index (χ1v) is 10.4. The number of amides is 2. The van der Waals surface area contributed by atoms with Crippen LogP contribution in [-0.2, 0) is 16.1 Å². The fraction of sp³-hybridized carbons (Fsp3) is 0.167. The molecule has 0 saturated heterocycles. The quantitative estimate of drug-likeness (QED) is 0.524. The molecule has 1 N–H and O–H groups in total. The lowest BCUT2D eigenvalue weighted by molar-refractivity contribution is -0.143. The minimum absolute atomic E-state index is 0.203. The number of carbonyl (C=O) groups is 2. The van der Waals surface area contributed by atoms with Crippen molar-refractivity contribution < 1.29 is 14.3 Å². The lowest BCUT2D eigenvalue weighted by Gasteiger charge is -2.31. The van der Waals surface area contributed by atoms with Crippen molar-refractivity contribution in [1.29, 1.82) is 0 Å². The van der Waals surface area contributed by atoms with E-state index in [1.165, 1.54) is 4.90 Å². The van der Waals surface area contributed by atoms with Crippen molar-refractivity contribution >= 4 is 35.0 Å². The van der Waals surface area contributed by atoms with Crippen LogP contribution in [0.1, 0.15) is 17.2 Å². The third-order valence-corrected chi connectivity index (χ3v) is 5.26. The maximum Gasteiger partial charge on any atom is 0.261 e. The molecule has 0 spiro atoms. The van der Waals surface area contributed by atoms with Gasteiger partial charge in [0.05, 0.1) is 5.02 Å². The molecule has 0 fully saturated rings. The number of nitrogens with zero attached hydrogens (tertiary/aromatic N) is 1. The molecule has 5 nitrogen and oxygen atoms in total. The van der Waals surface area contributed by atoms with Gasteiger partial charge in [-0.25, -0.2) is 0 Å².